The molecule has 2 N–H and O–H groups in total. The fourth-order valence-electron chi connectivity index (χ4n) is 1.82. The smallest absolute Gasteiger partial charge is 0.251 e. The molecule has 6 heteroatoms. The van der Waals surface area contributed by atoms with Gasteiger partial charge >= 0.3 is 0 Å². The zero-order valence-electron chi connectivity index (χ0n) is 11.6. The van der Waals surface area contributed by atoms with Gasteiger partial charge < -0.3 is 10.4 Å². The fourth-order valence-corrected chi connectivity index (χ4v) is 1.82. The quantitative estimate of drug-likeness (QED) is 0.850. The van der Waals surface area contributed by atoms with Crippen LogP contribution in [0.2, 0.25) is 0 Å². The number of rotatable bonds is 5. The predicted molar refractivity (Wildman–Crippen MR) is 74.7 cm³/mol. The standard InChI is InChI=1S/C14H18N4O2/c1-10(7-19)6-16-14(20)12-3-4-13(11(2)5-12)18-9-15-8-17-18/h3-5,8-10,19H,6-7H2,1-2H3,(H,16,20). The molecule has 1 amide bonds. The Kier molecular flexibility index (Phi) is 4.47. The van der Waals surface area contributed by atoms with Gasteiger partial charge in [0.25, 0.3) is 5.91 Å². The monoisotopic (exact) mass is 274 g/mol. The number of carbonyl (C=O) groups is 1. The first-order valence-corrected chi connectivity index (χ1v) is 6.46. The van der Waals surface area contributed by atoms with Crippen LogP contribution in [0.5, 0.6) is 0 Å². The highest BCUT2D eigenvalue weighted by Gasteiger charge is 2.10. The number of hydrogen-bond acceptors (Lipinski definition) is 4. The van der Waals surface area contributed by atoms with Crippen molar-refractivity contribution in [3.8, 4) is 5.69 Å². The molecule has 2 aromatic rings. The van der Waals surface area contributed by atoms with Crippen LogP contribution in [0.3, 0.4) is 0 Å². The van der Waals surface area contributed by atoms with E-state index >= 15 is 0 Å². The maximum atomic E-state index is 12.0. The van der Waals surface area contributed by atoms with Crippen molar-refractivity contribution in [1.82, 2.24) is 20.1 Å². The van der Waals surface area contributed by atoms with E-state index in [-0.39, 0.29) is 18.4 Å². The molecule has 0 fully saturated rings. The van der Waals surface area contributed by atoms with Crippen LogP contribution >= 0.6 is 0 Å². The molecule has 0 bridgehead atoms. The molecule has 1 atom stereocenters. The van der Waals surface area contributed by atoms with Crippen molar-refractivity contribution in [2.24, 2.45) is 5.92 Å². The van der Waals surface area contributed by atoms with Gasteiger partial charge in [0.05, 0.1) is 5.69 Å². The molecule has 0 saturated carbocycles. The maximum Gasteiger partial charge on any atom is 0.251 e. The minimum atomic E-state index is -0.140. The van der Waals surface area contributed by atoms with Crippen LogP contribution in [0.25, 0.3) is 5.69 Å². The van der Waals surface area contributed by atoms with Crippen LogP contribution in [-0.4, -0.2) is 38.9 Å². The summed E-state index contributed by atoms with van der Waals surface area (Å²) < 4.78 is 1.66. The van der Waals surface area contributed by atoms with E-state index in [2.05, 4.69) is 15.4 Å². The Hall–Kier alpha value is -2.21. The summed E-state index contributed by atoms with van der Waals surface area (Å²) in [4.78, 5) is 15.9. The van der Waals surface area contributed by atoms with Crippen molar-refractivity contribution < 1.29 is 9.90 Å². The van der Waals surface area contributed by atoms with E-state index in [4.69, 9.17) is 5.11 Å². The Morgan fingerprint density at radius 3 is 2.90 bits per heavy atom. The molecule has 0 aliphatic rings. The molecule has 106 valence electrons. The van der Waals surface area contributed by atoms with Crippen molar-refractivity contribution >= 4 is 5.91 Å². The van der Waals surface area contributed by atoms with Gasteiger partial charge in [0, 0.05) is 18.7 Å². The summed E-state index contributed by atoms with van der Waals surface area (Å²) in [6, 6.07) is 5.41. The third-order valence-electron chi connectivity index (χ3n) is 3.05. The SMILES string of the molecule is Cc1cc(C(=O)NCC(C)CO)ccc1-n1cncn1. The van der Waals surface area contributed by atoms with Crippen molar-refractivity contribution in [3.63, 3.8) is 0 Å². The second-order valence-electron chi connectivity index (χ2n) is 4.84. The van der Waals surface area contributed by atoms with Crippen molar-refractivity contribution in [1.29, 1.82) is 0 Å². The van der Waals surface area contributed by atoms with Crippen LogP contribution in [0.1, 0.15) is 22.8 Å². The minimum Gasteiger partial charge on any atom is -0.396 e. The summed E-state index contributed by atoms with van der Waals surface area (Å²) in [5.41, 5.74) is 2.43. The lowest BCUT2D eigenvalue weighted by Gasteiger charge is -2.11. The zero-order chi connectivity index (χ0) is 14.5. The molecule has 0 spiro atoms. The van der Waals surface area contributed by atoms with Gasteiger partial charge in [-0.05, 0) is 36.6 Å². The van der Waals surface area contributed by atoms with Crippen LogP contribution < -0.4 is 5.32 Å². The molecule has 1 unspecified atom stereocenters. The third-order valence-corrected chi connectivity index (χ3v) is 3.05. The van der Waals surface area contributed by atoms with E-state index in [9.17, 15) is 4.79 Å². The van der Waals surface area contributed by atoms with Gasteiger partial charge in [-0.1, -0.05) is 6.92 Å². The van der Waals surface area contributed by atoms with Gasteiger partial charge in [-0.3, -0.25) is 4.79 Å². The van der Waals surface area contributed by atoms with Gasteiger partial charge in [0.1, 0.15) is 12.7 Å². The Morgan fingerprint density at radius 1 is 1.50 bits per heavy atom. The van der Waals surface area contributed by atoms with Gasteiger partial charge in [-0.15, -0.1) is 0 Å². The summed E-state index contributed by atoms with van der Waals surface area (Å²) in [6.07, 6.45) is 3.08. The average Bonchev–Trinajstić information content (AvgIpc) is 2.98. The number of carbonyl (C=O) groups excluding carboxylic acids is 1. The van der Waals surface area contributed by atoms with Crippen LogP contribution in [-0.2, 0) is 0 Å². The number of aromatic nitrogens is 3. The molecule has 0 saturated heterocycles. The van der Waals surface area contributed by atoms with Crippen molar-refractivity contribution in [2.75, 3.05) is 13.2 Å². The maximum absolute atomic E-state index is 12.0. The minimum absolute atomic E-state index is 0.0504. The van der Waals surface area contributed by atoms with Crippen LogP contribution in [0.4, 0.5) is 0 Å². The van der Waals surface area contributed by atoms with E-state index < -0.39 is 0 Å². The molecule has 6 nitrogen and oxygen atoms in total. The van der Waals surface area contributed by atoms with Gasteiger partial charge in [0.2, 0.25) is 0 Å². The first kappa shape index (κ1) is 14.2. The summed E-state index contributed by atoms with van der Waals surface area (Å²) in [7, 11) is 0. The molecule has 1 aromatic heterocycles. The second-order valence-corrected chi connectivity index (χ2v) is 4.84. The first-order valence-electron chi connectivity index (χ1n) is 6.46. The number of benzene rings is 1. The van der Waals surface area contributed by atoms with E-state index in [0.717, 1.165) is 11.3 Å². The molecule has 0 aliphatic heterocycles. The topological polar surface area (TPSA) is 80.0 Å². The molecule has 20 heavy (non-hydrogen) atoms. The van der Waals surface area contributed by atoms with E-state index in [1.54, 1.807) is 17.1 Å². The number of aliphatic hydroxyl groups excluding tert-OH is 1. The first-order chi connectivity index (χ1) is 9.61. The Labute approximate surface area is 117 Å². The van der Waals surface area contributed by atoms with Crippen LogP contribution in [0.15, 0.2) is 30.9 Å². The van der Waals surface area contributed by atoms with E-state index in [1.807, 2.05) is 26.0 Å². The lowest BCUT2D eigenvalue weighted by molar-refractivity contribution is 0.0942. The molecule has 1 heterocycles. The molecule has 0 aliphatic carbocycles. The highest BCUT2D eigenvalue weighted by molar-refractivity contribution is 5.94. The number of aryl methyl sites for hydroxylation is 1. The van der Waals surface area contributed by atoms with Crippen molar-refractivity contribution in [3.05, 3.63) is 42.0 Å². The number of nitrogens with zero attached hydrogens (tertiary/aromatic N) is 3. The summed E-state index contributed by atoms with van der Waals surface area (Å²) in [5.74, 6) is -0.0898. The Bertz CT molecular complexity index is 581. The molecule has 2 rings (SSSR count). The van der Waals surface area contributed by atoms with Crippen molar-refractivity contribution in [2.45, 2.75) is 13.8 Å². The summed E-state index contributed by atoms with van der Waals surface area (Å²) >= 11 is 0. The lowest BCUT2D eigenvalue weighted by atomic mass is 10.1. The second kappa shape index (κ2) is 6.29. The van der Waals surface area contributed by atoms with Crippen LogP contribution in [0, 0.1) is 12.8 Å². The number of hydrogen-bond donors (Lipinski definition) is 2. The third kappa shape index (κ3) is 3.21. The zero-order valence-corrected chi connectivity index (χ0v) is 11.6. The largest absolute Gasteiger partial charge is 0.396 e. The molecule has 1 aromatic carbocycles. The predicted octanol–water partition coefficient (Wildman–Crippen LogP) is 0.934. The molecular weight excluding hydrogens is 256 g/mol. The fraction of sp³-hybridized carbons (Fsp3) is 0.357. The van der Waals surface area contributed by atoms with Gasteiger partial charge in [0.15, 0.2) is 0 Å². The Balaban J connectivity index is 2.11. The molecular formula is C14H18N4O2. The average molecular weight is 274 g/mol. The van der Waals surface area contributed by atoms with Gasteiger partial charge in [-0.25, -0.2) is 9.67 Å². The lowest BCUT2D eigenvalue weighted by Crippen LogP contribution is -2.29. The van der Waals surface area contributed by atoms with Gasteiger partial charge in [-0.2, -0.15) is 5.10 Å². The number of nitrogens with one attached hydrogen (secondary N) is 1. The highest BCUT2D eigenvalue weighted by Crippen LogP contribution is 2.14. The normalized spacial score (nSPS) is 12.2. The number of amides is 1. The molecule has 0 radical (unpaired) electrons. The highest BCUT2D eigenvalue weighted by atomic mass is 16.3. The van der Waals surface area contributed by atoms with E-state index in [0.29, 0.717) is 12.1 Å². The summed E-state index contributed by atoms with van der Waals surface area (Å²) in [6.45, 7) is 4.31. The Morgan fingerprint density at radius 2 is 2.30 bits per heavy atom. The van der Waals surface area contributed by atoms with E-state index in [1.165, 1.54) is 6.33 Å². The number of aliphatic hydroxyl groups is 1. The summed E-state index contributed by atoms with van der Waals surface area (Å²) in [5, 5.41) is 15.8.